The van der Waals surface area contributed by atoms with Gasteiger partial charge >= 0.3 is 17.9 Å². The molecule has 0 aliphatic heterocycles. The molecular formula is C42H54N6O6. The number of aromatic nitrogens is 3. The molecule has 2 atom stereocenters. The summed E-state index contributed by atoms with van der Waals surface area (Å²) in [6, 6.07) is 20.6. The maximum atomic E-state index is 12.8. The second-order valence-electron chi connectivity index (χ2n) is 13.2. The number of hydrogen-bond donors (Lipinski definition) is 3. The Kier molecular flexibility index (Phi) is 16.7. The first-order valence-corrected chi connectivity index (χ1v) is 19.1. The molecule has 3 N–H and O–H groups in total. The predicted octanol–water partition coefficient (Wildman–Crippen LogP) is 10.0. The number of esters is 3. The first-order valence-electron chi connectivity index (χ1n) is 19.1. The van der Waals surface area contributed by atoms with Crippen LogP contribution < -0.4 is 16.0 Å². The molecule has 1 heterocycles. The van der Waals surface area contributed by atoms with Crippen LogP contribution >= 0.6 is 0 Å². The fourth-order valence-electron chi connectivity index (χ4n) is 5.56. The van der Waals surface area contributed by atoms with Crippen LogP contribution in [0.3, 0.4) is 0 Å². The number of rotatable bonds is 22. The zero-order valence-electron chi connectivity index (χ0n) is 32.2. The second-order valence-corrected chi connectivity index (χ2v) is 13.2. The molecule has 4 aromatic rings. The summed E-state index contributed by atoms with van der Waals surface area (Å²) in [7, 11) is 0. The Hall–Kier alpha value is -5.52. The summed E-state index contributed by atoms with van der Waals surface area (Å²) in [6.07, 6.45) is 8.48. The number of carbonyl (C=O) groups is 3. The Morgan fingerprint density at radius 2 is 0.815 bits per heavy atom. The number of ether oxygens (including phenoxy) is 3. The van der Waals surface area contributed by atoms with Gasteiger partial charge in [-0.25, -0.2) is 14.4 Å². The quantitative estimate of drug-likeness (QED) is 0.0519. The molecule has 4 rings (SSSR count). The lowest BCUT2D eigenvalue weighted by molar-refractivity contribution is 0.0419. The van der Waals surface area contributed by atoms with E-state index in [9.17, 15) is 14.4 Å². The van der Waals surface area contributed by atoms with Crippen molar-refractivity contribution in [1.29, 1.82) is 0 Å². The first-order chi connectivity index (χ1) is 26.2. The third kappa shape index (κ3) is 13.2. The van der Waals surface area contributed by atoms with Crippen molar-refractivity contribution in [3.63, 3.8) is 0 Å². The topological polar surface area (TPSA) is 154 Å². The standard InChI is InChI=1S/C42H54N6O6/c1-6-11-13-29(8-3)27-53-38(50)32-17-23-35(24-18-32)44-41-46-40(43-34-21-15-31(16-22-34)37(49)52-10-5)47-42(48-41)45-36-25-19-33(20-26-36)39(51)54-28-30(9-4)14-12-7-2/h15-26,29-30H,6-14,27-28H2,1-5H3,(H3,43,44,45,46,47,48). The summed E-state index contributed by atoms with van der Waals surface area (Å²) in [5, 5.41) is 9.55. The van der Waals surface area contributed by atoms with Gasteiger partial charge in [0.05, 0.1) is 36.5 Å². The van der Waals surface area contributed by atoms with Crippen molar-refractivity contribution in [1.82, 2.24) is 15.0 Å². The van der Waals surface area contributed by atoms with Crippen molar-refractivity contribution in [2.75, 3.05) is 35.8 Å². The highest BCUT2D eigenvalue weighted by molar-refractivity contribution is 5.91. The minimum atomic E-state index is -0.407. The van der Waals surface area contributed by atoms with E-state index in [1.807, 2.05) is 0 Å². The van der Waals surface area contributed by atoms with Crippen molar-refractivity contribution in [2.45, 2.75) is 86.0 Å². The number of anilines is 6. The molecule has 2 unspecified atom stereocenters. The number of carbonyl (C=O) groups excluding carboxylic acids is 3. The predicted molar refractivity (Wildman–Crippen MR) is 212 cm³/mol. The van der Waals surface area contributed by atoms with Crippen molar-refractivity contribution < 1.29 is 28.6 Å². The second kappa shape index (κ2) is 21.9. The molecule has 54 heavy (non-hydrogen) atoms. The van der Waals surface area contributed by atoms with E-state index in [0.717, 1.165) is 51.4 Å². The van der Waals surface area contributed by atoms with Crippen molar-refractivity contribution in [2.24, 2.45) is 11.8 Å². The molecule has 1 aromatic heterocycles. The van der Waals surface area contributed by atoms with Gasteiger partial charge in [0.1, 0.15) is 0 Å². The van der Waals surface area contributed by atoms with E-state index in [4.69, 9.17) is 14.2 Å². The van der Waals surface area contributed by atoms with Crippen LogP contribution in [0, 0.1) is 11.8 Å². The molecule has 0 fully saturated rings. The molecule has 0 radical (unpaired) electrons. The molecule has 3 aromatic carbocycles. The Balaban J connectivity index is 1.49. The molecule has 0 aliphatic rings. The Bertz CT molecular complexity index is 1670. The summed E-state index contributed by atoms with van der Waals surface area (Å²) in [5.74, 6) is 0.255. The minimum absolute atomic E-state index is 0.224. The number of benzene rings is 3. The lowest BCUT2D eigenvalue weighted by atomic mass is 10.0. The minimum Gasteiger partial charge on any atom is -0.462 e. The summed E-state index contributed by atoms with van der Waals surface area (Å²) in [4.78, 5) is 51.3. The van der Waals surface area contributed by atoms with Crippen LogP contribution in [-0.2, 0) is 14.2 Å². The van der Waals surface area contributed by atoms with Gasteiger partial charge in [0.2, 0.25) is 17.8 Å². The zero-order valence-corrected chi connectivity index (χ0v) is 32.2. The highest BCUT2D eigenvalue weighted by Gasteiger charge is 2.15. The zero-order chi connectivity index (χ0) is 38.7. The highest BCUT2D eigenvalue weighted by atomic mass is 16.5. The smallest absolute Gasteiger partial charge is 0.338 e. The van der Waals surface area contributed by atoms with E-state index in [0.29, 0.717) is 58.8 Å². The maximum absolute atomic E-state index is 12.8. The Labute approximate surface area is 318 Å². The molecule has 0 amide bonds. The van der Waals surface area contributed by atoms with Gasteiger partial charge < -0.3 is 30.2 Å². The lowest BCUT2D eigenvalue weighted by Crippen LogP contribution is -2.14. The van der Waals surface area contributed by atoms with Crippen molar-refractivity contribution in [3.05, 3.63) is 89.5 Å². The molecule has 0 saturated heterocycles. The summed E-state index contributed by atoms with van der Waals surface area (Å²) in [6.45, 7) is 11.4. The normalized spacial score (nSPS) is 11.9. The van der Waals surface area contributed by atoms with Gasteiger partial charge in [0.15, 0.2) is 0 Å². The Morgan fingerprint density at radius 1 is 0.500 bits per heavy atom. The highest BCUT2D eigenvalue weighted by Crippen LogP contribution is 2.23. The van der Waals surface area contributed by atoms with Gasteiger partial charge in [-0.3, -0.25) is 0 Å². The van der Waals surface area contributed by atoms with E-state index in [1.54, 1.807) is 79.7 Å². The van der Waals surface area contributed by atoms with Gasteiger partial charge in [-0.05, 0) is 104 Å². The lowest BCUT2D eigenvalue weighted by Gasteiger charge is -2.15. The third-order valence-corrected chi connectivity index (χ3v) is 9.03. The molecular weight excluding hydrogens is 684 g/mol. The summed E-state index contributed by atoms with van der Waals surface area (Å²) in [5.41, 5.74) is 3.25. The van der Waals surface area contributed by atoms with Crippen LogP contribution in [0.25, 0.3) is 0 Å². The van der Waals surface area contributed by atoms with Crippen LogP contribution in [0.1, 0.15) is 117 Å². The number of hydrogen-bond acceptors (Lipinski definition) is 12. The van der Waals surface area contributed by atoms with Crippen molar-refractivity contribution in [3.8, 4) is 0 Å². The van der Waals surface area contributed by atoms with E-state index < -0.39 is 5.97 Å². The number of nitrogens with one attached hydrogen (secondary N) is 3. The van der Waals surface area contributed by atoms with E-state index in [2.05, 4.69) is 58.6 Å². The van der Waals surface area contributed by atoms with Crippen LogP contribution in [0.5, 0.6) is 0 Å². The van der Waals surface area contributed by atoms with Gasteiger partial charge in [0.25, 0.3) is 0 Å². The SMILES string of the molecule is CCCCC(CC)COC(=O)c1ccc(Nc2nc(Nc3ccc(C(=O)OCC)cc3)nc(Nc3ccc(C(=O)OCC(CC)CCCC)cc3)n2)cc1. The summed E-state index contributed by atoms with van der Waals surface area (Å²) < 4.78 is 16.3. The van der Waals surface area contributed by atoms with Gasteiger partial charge in [0, 0.05) is 17.1 Å². The summed E-state index contributed by atoms with van der Waals surface area (Å²) >= 11 is 0. The first kappa shape index (κ1) is 41.2. The van der Waals surface area contributed by atoms with E-state index in [1.165, 1.54) is 0 Å². The van der Waals surface area contributed by atoms with Crippen LogP contribution in [0.4, 0.5) is 34.9 Å². The van der Waals surface area contributed by atoms with E-state index >= 15 is 0 Å². The van der Waals surface area contributed by atoms with Crippen LogP contribution in [-0.4, -0.2) is 52.7 Å². The fraction of sp³-hybridized carbons (Fsp3) is 0.429. The molecule has 0 spiro atoms. The molecule has 0 saturated carbocycles. The average Bonchev–Trinajstić information content (AvgIpc) is 3.18. The molecule has 0 bridgehead atoms. The van der Waals surface area contributed by atoms with Gasteiger partial charge in [-0.15, -0.1) is 0 Å². The van der Waals surface area contributed by atoms with Crippen LogP contribution in [0.15, 0.2) is 72.8 Å². The molecule has 288 valence electrons. The molecule has 12 heteroatoms. The average molecular weight is 739 g/mol. The van der Waals surface area contributed by atoms with Crippen LogP contribution in [0.2, 0.25) is 0 Å². The maximum Gasteiger partial charge on any atom is 0.338 e. The third-order valence-electron chi connectivity index (χ3n) is 9.03. The molecule has 0 aliphatic carbocycles. The Morgan fingerprint density at radius 3 is 1.09 bits per heavy atom. The van der Waals surface area contributed by atoms with Crippen molar-refractivity contribution >= 4 is 52.8 Å². The van der Waals surface area contributed by atoms with E-state index in [-0.39, 0.29) is 36.4 Å². The van der Waals surface area contributed by atoms with Gasteiger partial charge in [-0.1, -0.05) is 66.2 Å². The largest absolute Gasteiger partial charge is 0.462 e. The fourth-order valence-corrected chi connectivity index (χ4v) is 5.56. The number of nitrogens with zero attached hydrogens (tertiary/aromatic N) is 3. The number of unbranched alkanes of at least 4 members (excludes halogenated alkanes) is 2. The monoisotopic (exact) mass is 738 g/mol. The van der Waals surface area contributed by atoms with Gasteiger partial charge in [-0.2, -0.15) is 15.0 Å². The molecule has 12 nitrogen and oxygen atoms in total.